The molecule has 0 spiro atoms. The van der Waals surface area contributed by atoms with Gasteiger partial charge in [0.15, 0.2) is 0 Å². The van der Waals surface area contributed by atoms with Crippen molar-refractivity contribution in [3.63, 3.8) is 0 Å². The SMILES string of the molecule is CNC(C(=O)NCC1CN(Cc2ccccc2)CCO1)c1cnn(C)c1. The highest BCUT2D eigenvalue weighted by atomic mass is 16.5. The molecule has 26 heavy (non-hydrogen) atoms. The van der Waals surface area contributed by atoms with Gasteiger partial charge in [0.1, 0.15) is 6.04 Å². The van der Waals surface area contributed by atoms with E-state index in [4.69, 9.17) is 4.74 Å². The molecule has 1 aliphatic heterocycles. The molecule has 1 amide bonds. The molecule has 1 saturated heterocycles. The number of benzene rings is 1. The van der Waals surface area contributed by atoms with E-state index in [1.807, 2.05) is 19.3 Å². The van der Waals surface area contributed by atoms with Crippen molar-refractivity contribution in [3.8, 4) is 0 Å². The zero-order valence-electron chi connectivity index (χ0n) is 15.4. The van der Waals surface area contributed by atoms with E-state index >= 15 is 0 Å². The maximum absolute atomic E-state index is 12.5. The van der Waals surface area contributed by atoms with Gasteiger partial charge in [-0.05, 0) is 12.6 Å². The fourth-order valence-electron chi connectivity index (χ4n) is 3.24. The van der Waals surface area contributed by atoms with Gasteiger partial charge in [-0.2, -0.15) is 5.10 Å². The number of rotatable bonds is 7. The minimum Gasteiger partial charge on any atom is -0.374 e. The van der Waals surface area contributed by atoms with E-state index in [1.165, 1.54) is 5.56 Å². The number of carbonyl (C=O) groups excluding carboxylic acids is 1. The maximum Gasteiger partial charge on any atom is 0.241 e. The lowest BCUT2D eigenvalue weighted by atomic mass is 10.1. The van der Waals surface area contributed by atoms with Crippen molar-refractivity contribution in [2.24, 2.45) is 7.05 Å². The average Bonchev–Trinajstić information content (AvgIpc) is 3.08. The molecule has 0 bridgehead atoms. The van der Waals surface area contributed by atoms with Crippen LogP contribution in [0, 0.1) is 0 Å². The molecule has 1 aromatic carbocycles. The van der Waals surface area contributed by atoms with Crippen molar-refractivity contribution in [1.29, 1.82) is 0 Å². The van der Waals surface area contributed by atoms with Gasteiger partial charge in [0.25, 0.3) is 0 Å². The first-order valence-electron chi connectivity index (χ1n) is 8.97. The standard InChI is InChI=1S/C19H27N5O2/c1-20-18(16-10-22-23(2)13-16)19(25)21-11-17-14-24(8-9-26-17)12-15-6-4-3-5-7-15/h3-7,10,13,17-18,20H,8-9,11-12,14H2,1-2H3,(H,21,25). The molecule has 2 heterocycles. The molecule has 2 atom stereocenters. The van der Waals surface area contributed by atoms with E-state index < -0.39 is 6.04 Å². The van der Waals surface area contributed by atoms with Gasteiger partial charge in [0, 0.05) is 45.0 Å². The number of hydrogen-bond acceptors (Lipinski definition) is 5. The van der Waals surface area contributed by atoms with Crippen LogP contribution in [0.3, 0.4) is 0 Å². The first-order valence-corrected chi connectivity index (χ1v) is 8.97. The highest BCUT2D eigenvalue weighted by molar-refractivity contribution is 5.83. The zero-order valence-corrected chi connectivity index (χ0v) is 15.4. The molecule has 7 heteroatoms. The summed E-state index contributed by atoms with van der Waals surface area (Å²) in [6.45, 7) is 3.82. The molecule has 140 valence electrons. The van der Waals surface area contributed by atoms with E-state index in [0.29, 0.717) is 13.2 Å². The molecule has 3 rings (SSSR count). The molecule has 2 aromatic rings. The third-order valence-corrected chi connectivity index (χ3v) is 4.58. The van der Waals surface area contributed by atoms with Gasteiger partial charge in [-0.15, -0.1) is 0 Å². The number of morpholine rings is 1. The maximum atomic E-state index is 12.5. The molecule has 0 saturated carbocycles. The van der Waals surface area contributed by atoms with Gasteiger partial charge < -0.3 is 15.4 Å². The predicted molar refractivity (Wildman–Crippen MR) is 99.5 cm³/mol. The van der Waals surface area contributed by atoms with Crippen molar-refractivity contribution in [2.75, 3.05) is 33.3 Å². The van der Waals surface area contributed by atoms with Crippen LogP contribution < -0.4 is 10.6 Å². The van der Waals surface area contributed by atoms with Crippen LogP contribution in [-0.2, 0) is 23.1 Å². The first kappa shape index (κ1) is 18.6. The Bertz CT molecular complexity index is 703. The number of aryl methyl sites for hydroxylation is 1. The Balaban J connectivity index is 1.49. The van der Waals surface area contributed by atoms with E-state index in [2.05, 4.69) is 44.9 Å². The zero-order chi connectivity index (χ0) is 18.4. The number of amides is 1. The van der Waals surface area contributed by atoms with Gasteiger partial charge in [0.2, 0.25) is 5.91 Å². The highest BCUT2D eigenvalue weighted by Crippen LogP contribution is 2.13. The highest BCUT2D eigenvalue weighted by Gasteiger charge is 2.24. The number of carbonyl (C=O) groups is 1. The topological polar surface area (TPSA) is 71.4 Å². The van der Waals surface area contributed by atoms with Crippen molar-refractivity contribution in [2.45, 2.75) is 18.7 Å². The molecule has 7 nitrogen and oxygen atoms in total. The van der Waals surface area contributed by atoms with Crippen LogP contribution in [0.15, 0.2) is 42.7 Å². The fraction of sp³-hybridized carbons (Fsp3) is 0.474. The summed E-state index contributed by atoms with van der Waals surface area (Å²) in [6, 6.07) is 10.0. The minimum atomic E-state index is -0.410. The molecule has 2 unspecified atom stereocenters. The van der Waals surface area contributed by atoms with Crippen molar-refractivity contribution < 1.29 is 9.53 Å². The number of nitrogens with zero attached hydrogens (tertiary/aromatic N) is 3. The summed E-state index contributed by atoms with van der Waals surface area (Å²) >= 11 is 0. The predicted octanol–water partition coefficient (Wildman–Crippen LogP) is 0.698. The minimum absolute atomic E-state index is 0.00261. The molecular formula is C19H27N5O2. The Kier molecular flexibility index (Phi) is 6.38. The Morgan fingerprint density at radius 3 is 2.88 bits per heavy atom. The lowest BCUT2D eigenvalue weighted by Crippen LogP contribution is -2.48. The summed E-state index contributed by atoms with van der Waals surface area (Å²) in [5, 5.41) is 10.2. The van der Waals surface area contributed by atoms with E-state index in [0.717, 1.165) is 25.2 Å². The first-order chi connectivity index (χ1) is 12.7. The largest absolute Gasteiger partial charge is 0.374 e. The van der Waals surface area contributed by atoms with Crippen LogP contribution in [0.25, 0.3) is 0 Å². The summed E-state index contributed by atoms with van der Waals surface area (Å²) < 4.78 is 7.52. The second-order valence-corrected chi connectivity index (χ2v) is 6.63. The number of ether oxygens (including phenoxy) is 1. The Hall–Kier alpha value is -2.22. The molecule has 0 aliphatic carbocycles. The van der Waals surface area contributed by atoms with Gasteiger partial charge in [-0.3, -0.25) is 14.4 Å². The summed E-state index contributed by atoms with van der Waals surface area (Å²) in [4.78, 5) is 14.9. The van der Waals surface area contributed by atoms with Gasteiger partial charge >= 0.3 is 0 Å². The Morgan fingerprint density at radius 1 is 1.38 bits per heavy atom. The van der Waals surface area contributed by atoms with Crippen molar-refractivity contribution in [1.82, 2.24) is 25.3 Å². The lowest BCUT2D eigenvalue weighted by Gasteiger charge is -2.33. The third-order valence-electron chi connectivity index (χ3n) is 4.58. The normalized spacial score (nSPS) is 19.2. The Morgan fingerprint density at radius 2 is 2.19 bits per heavy atom. The quantitative estimate of drug-likeness (QED) is 0.763. The molecule has 0 radical (unpaired) electrons. The third kappa shape index (κ3) is 4.91. The molecule has 2 N–H and O–H groups in total. The number of likely N-dealkylation sites (N-methyl/N-ethyl adjacent to an activating group) is 1. The number of hydrogen-bond donors (Lipinski definition) is 2. The molecular weight excluding hydrogens is 330 g/mol. The van der Waals surface area contributed by atoms with Gasteiger partial charge in [-0.25, -0.2) is 0 Å². The van der Waals surface area contributed by atoms with Crippen LogP contribution in [0.2, 0.25) is 0 Å². The monoisotopic (exact) mass is 357 g/mol. The summed E-state index contributed by atoms with van der Waals surface area (Å²) in [5.74, 6) is -0.0655. The molecule has 1 aliphatic rings. The summed E-state index contributed by atoms with van der Waals surface area (Å²) in [6.07, 6.45) is 3.56. The van der Waals surface area contributed by atoms with E-state index in [9.17, 15) is 4.79 Å². The lowest BCUT2D eigenvalue weighted by molar-refractivity contribution is -0.124. The fourth-order valence-corrected chi connectivity index (χ4v) is 3.24. The van der Waals surface area contributed by atoms with Gasteiger partial charge in [0.05, 0.1) is 18.9 Å². The Labute approximate surface area is 154 Å². The van der Waals surface area contributed by atoms with Gasteiger partial charge in [-0.1, -0.05) is 30.3 Å². The second-order valence-electron chi connectivity index (χ2n) is 6.63. The van der Waals surface area contributed by atoms with Crippen molar-refractivity contribution >= 4 is 5.91 Å². The van der Waals surface area contributed by atoms with Crippen molar-refractivity contribution in [3.05, 3.63) is 53.9 Å². The van der Waals surface area contributed by atoms with E-state index in [-0.39, 0.29) is 12.0 Å². The van der Waals surface area contributed by atoms with E-state index in [1.54, 1.807) is 17.9 Å². The van der Waals surface area contributed by atoms with Crippen LogP contribution in [0.1, 0.15) is 17.2 Å². The van der Waals surface area contributed by atoms with Crippen LogP contribution in [0.5, 0.6) is 0 Å². The summed E-state index contributed by atoms with van der Waals surface area (Å²) in [5.41, 5.74) is 2.15. The number of nitrogens with one attached hydrogen (secondary N) is 2. The smallest absolute Gasteiger partial charge is 0.241 e. The second kappa shape index (κ2) is 8.93. The number of aromatic nitrogens is 2. The molecule has 1 fully saturated rings. The van der Waals surface area contributed by atoms with Crippen LogP contribution in [0.4, 0.5) is 0 Å². The van der Waals surface area contributed by atoms with Crippen LogP contribution >= 0.6 is 0 Å². The molecule has 1 aromatic heterocycles. The van der Waals surface area contributed by atoms with Crippen LogP contribution in [-0.4, -0.2) is 60.0 Å². The average molecular weight is 357 g/mol. The summed E-state index contributed by atoms with van der Waals surface area (Å²) in [7, 11) is 3.61.